The Labute approximate surface area is 212 Å². The fraction of sp³-hybridized carbons (Fsp3) is 0.261. The number of piperazine rings is 1. The SMILES string of the molecule is Cc1cc(-c2cnc(OC(=O)N3CCN(S(=O)(=O)N4Cc5cc(Cl)ccc5C4=O)CC3)nc2)ccn1. The largest absolute Gasteiger partial charge is 0.417 e. The number of carbonyl (C=O) groups is 2. The number of halogens is 1. The summed E-state index contributed by atoms with van der Waals surface area (Å²) in [5.41, 5.74) is 3.37. The average Bonchev–Trinajstić information content (AvgIpc) is 3.20. The Morgan fingerprint density at radius 1 is 1.00 bits per heavy atom. The van der Waals surface area contributed by atoms with Gasteiger partial charge in [0.15, 0.2) is 0 Å². The Hall–Kier alpha value is -3.61. The van der Waals surface area contributed by atoms with Crippen molar-refractivity contribution in [2.24, 2.45) is 0 Å². The summed E-state index contributed by atoms with van der Waals surface area (Å²) in [5, 5.41) is 0.430. The smallest absolute Gasteiger partial charge is 0.374 e. The second-order valence-corrected chi connectivity index (χ2v) is 10.6. The average molecular weight is 529 g/mol. The van der Waals surface area contributed by atoms with Gasteiger partial charge in [0.05, 0.1) is 6.54 Å². The van der Waals surface area contributed by atoms with Crippen LogP contribution < -0.4 is 4.74 Å². The number of hydrogen-bond acceptors (Lipinski definition) is 8. The van der Waals surface area contributed by atoms with Crippen LogP contribution in [0.5, 0.6) is 6.01 Å². The molecule has 2 aromatic heterocycles. The number of benzene rings is 1. The minimum atomic E-state index is -4.07. The van der Waals surface area contributed by atoms with Gasteiger partial charge in [0.1, 0.15) is 0 Å². The lowest BCUT2D eigenvalue weighted by Gasteiger charge is -2.34. The number of aromatic nitrogens is 3. The lowest BCUT2D eigenvalue weighted by Crippen LogP contribution is -2.54. The number of pyridine rings is 1. The van der Waals surface area contributed by atoms with E-state index in [2.05, 4.69) is 15.0 Å². The molecular weight excluding hydrogens is 508 g/mol. The molecule has 186 valence electrons. The molecule has 3 aromatic rings. The van der Waals surface area contributed by atoms with E-state index in [1.54, 1.807) is 30.7 Å². The van der Waals surface area contributed by atoms with Crippen molar-refractivity contribution in [3.05, 3.63) is 70.8 Å². The highest BCUT2D eigenvalue weighted by Crippen LogP contribution is 2.29. The highest BCUT2D eigenvalue weighted by atomic mass is 35.5. The van der Waals surface area contributed by atoms with Crippen molar-refractivity contribution in [3.8, 4) is 17.1 Å². The Bertz CT molecular complexity index is 1440. The van der Waals surface area contributed by atoms with E-state index in [-0.39, 0.29) is 38.7 Å². The number of aryl methyl sites for hydroxylation is 1. The number of rotatable bonds is 4. The van der Waals surface area contributed by atoms with Crippen LogP contribution in [0.1, 0.15) is 21.6 Å². The number of hydrogen-bond donors (Lipinski definition) is 0. The maximum atomic E-state index is 13.1. The lowest BCUT2D eigenvalue weighted by atomic mass is 10.1. The van der Waals surface area contributed by atoms with Gasteiger partial charge >= 0.3 is 22.3 Å². The van der Waals surface area contributed by atoms with Gasteiger partial charge in [-0.25, -0.2) is 19.1 Å². The van der Waals surface area contributed by atoms with Crippen molar-refractivity contribution >= 4 is 33.8 Å². The van der Waals surface area contributed by atoms with Crippen LogP contribution in [0.15, 0.2) is 48.9 Å². The van der Waals surface area contributed by atoms with Crippen molar-refractivity contribution in [1.29, 1.82) is 0 Å². The third-order valence-corrected chi connectivity index (χ3v) is 8.08. The topological polar surface area (TPSA) is 126 Å². The predicted octanol–water partition coefficient (Wildman–Crippen LogP) is 2.52. The Kier molecular flexibility index (Phi) is 6.33. The van der Waals surface area contributed by atoms with Gasteiger partial charge in [-0.05, 0) is 48.4 Å². The van der Waals surface area contributed by atoms with Gasteiger partial charge in [0.2, 0.25) is 0 Å². The summed E-state index contributed by atoms with van der Waals surface area (Å²) in [6, 6.07) is 8.27. The molecule has 2 aliphatic rings. The van der Waals surface area contributed by atoms with Crippen LogP contribution >= 0.6 is 11.6 Å². The molecule has 0 atom stereocenters. The fourth-order valence-corrected chi connectivity index (χ4v) is 5.78. The fourth-order valence-electron chi connectivity index (χ4n) is 4.08. The number of carbonyl (C=O) groups excluding carboxylic acids is 2. The van der Waals surface area contributed by atoms with Gasteiger partial charge in [0.25, 0.3) is 5.91 Å². The van der Waals surface area contributed by atoms with E-state index in [1.165, 1.54) is 15.3 Å². The van der Waals surface area contributed by atoms with E-state index in [4.69, 9.17) is 16.3 Å². The molecule has 36 heavy (non-hydrogen) atoms. The number of nitrogens with zero attached hydrogens (tertiary/aromatic N) is 6. The number of ether oxygens (including phenoxy) is 1. The van der Waals surface area contributed by atoms with E-state index in [9.17, 15) is 18.0 Å². The molecule has 0 spiro atoms. The van der Waals surface area contributed by atoms with Crippen molar-refractivity contribution in [1.82, 2.24) is 28.5 Å². The van der Waals surface area contributed by atoms with Crippen molar-refractivity contribution in [2.45, 2.75) is 13.5 Å². The molecule has 0 unspecified atom stereocenters. The van der Waals surface area contributed by atoms with Crippen LogP contribution in [-0.2, 0) is 16.8 Å². The lowest BCUT2D eigenvalue weighted by molar-refractivity contribution is 0.0863. The Morgan fingerprint density at radius 3 is 2.42 bits per heavy atom. The maximum absolute atomic E-state index is 13.1. The third kappa shape index (κ3) is 4.62. The summed E-state index contributed by atoms with van der Waals surface area (Å²) in [7, 11) is -4.07. The van der Waals surface area contributed by atoms with Crippen LogP contribution in [0.25, 0.3) is 11.1 Å². The molecule has 5 rings (SSSR count). The third-order valence-electron chi connectivity index (χ3n) is 5.98. The molecule has 11 nitrogen and oxygen atoms in total. The molecule has 1 aromatic carbocycles. The summed E-state index contributed by atoms with van der Waals surface area (Å²) in [6.45, 7) is 2.01. The van der Waals surface area contributed by atoms with Crippen LogP contribution in [0, 0.1) is 6.92 Å². The second kappa shape index (κ2) is 9.45. The summed E-state index contributed by atoms with van der Waals surface area (Å²) in [4.78, 5) is 39.0. The quantitative estimate of drug-likeness (QED) is 0.505. The summed E-state index contributed by atoms with van der Waals surface area (Å²) in [6.07, 6.45) is 4.10. The van der Waals surface area contributed by atoms with Gasteiger partial charge in [0, 0.05) is 66.6 Å². The van der Waals surface area contributed by atoms with Crippen LogP contribution in [-0.4, -0.2) is 75.1 Å². The molecule has 1 fully saturated rings. The summed E-state index contributed by atoms with van der Waals surface area (Å²) < 4.78 is 33.5. The molecule has 4 heterocycles. The monoisotopic (exact) mass is 528 g/mol. The Balaban J connectivity index is 1.19. The first-order valence-corrected chi connectivity index (χ1v) is 12.8. The van der Waals surface area contributed by atoms with Crippen LogP contribution in [0.3, 0.4) is 0 Å². The number of amides is 2. The molecule has 0 aliphatic carbocycles. The zero-order valence-corrected chi connectivity index (χ0v) is 20.7. The molecule has 1 saturated heterocycles. The minimum Gasteiger partial charge on any atom is -0.374 e. The standard InChI is InChI=1S/C23H21ClN6O5S/c1-15-10-16(4-5-25-15)18-12-26-22(27-13-18)35-23(32)28-6-8-29(9-7-28)36(33,34)30-14-17-11-19(24)2-3-20(17)21(30)31/h2-5,10-13H,6-9,14H2,1H3. The molecule has 0 N–H and O–H groups in total. The van der Waals surface area contributed by atoms with E-state index < -0.39 is 22.2 Å². The highest BCUT2D eigenvalue weighted by molar-refractivity contribution is 7.87. The van der Waals surface area contributed by atoms with E-state index in [0.717, 1.165) is 21.1 Å². The molecule has 2 aliphatic heterocycles. The maximum Gasteiger partial charge on any atom is 0.417 e. The Morgan fingerprint density at radius 2 is 1.72 bits per heavy atom. The van der Waals surface area contributed by atoms with Gasteiger partial charge in [-0.2, -0.15) is 12.7 Å². The van der Waals surface area contributed by atoms with E-state index in [1.807, 2.05) is 19.1 Å². The normalized spacial score (nSPS) is 16.2. The van der Waals surface area contributed by atoms with E-state index in [0.29, 0.717) is 16.1 Å². The van der Waals surface area contributed by atoms with Crippen molar-refractivity contribution in [2.75, 3.05) is 26.2 Å². The van der Waals surface area contributed by atoms with E-state index >= 15 is 0 Å². The minimum absolute atomic E-state index is 0.0134. The first kappa shape index (κ1) is 24.1. The highest BCUT2D eigenvalue weighted by Gasteiger charge is 2.41. The zero-order valence-electron chi connectivity index (χ0n) is 19.2. The zero-order chi connectivity index (χ0) is 25.4. The second-order valence-electron chi connectivity index (χ2n) is 8.32. The molecule has 0 radical (unpaired) electrons. The molecule has 13 heteroatoms. The summed E-state index contributed by atoms with van der Waals surface area (Å²) >= 11 is 5.98. The van der Waals surface area contributed by atoms with Gasteiger partial charge in [-0.1, -0.05) is 11.6 Å². The molecule has 0 saturated carbocycles. The predicted molar refractivity (Wildman–Crippen MR) is 129 cm³/mol. The summed E-state index contributed by atoms with van der Waals surface area (Å²) in [5.74, 6) is -0.592. The molecule has 2 amide bonds. The number of fused-ring (bicyclic) bond motifs is 1. The molecular formula is C23H21ClN6O5S. The van der Waals surface area contributed by atoms with Crippen molar-refractivity contribution < 1.29 is 22.7 Å². The van der Waals surface area contributed by atoms with Crippen LogP contribution in [0.2, 0.25) is 5.02 Å². The van der Waals surface area contributed by atoms with Crippen LogP contribution in [0.4, 0.5) is 4.79 Å². The first-order valence-electron chi connectivity index (χ1n) is 11.0. The van der Waals surface area contributed by atoms with Gasteiger partial charge in [-0.15, -0.1) is 0 Å². The van der Waals surface area contributed by atoms with Gasteiger partial charge in [-0.3, -0.25) is 9.78 Å². The molecule has 0 bridgehead atoms. The van der Waals surface area contributed by atoms with Gasteiger partial charge < -0.3 is 9.64 Å². The van der Waals surface area contributed by atoms with Crippen molar-refractivity contribution in [3.63, 3.8) is 0 Å². The first-order chi connectivity index (χ1) is 17.2.